The molecular weight excluding hydrogens is 552 g/mol. The third-order valence-corrected chi connectivity index (χ3v) is 8.56. The van der Waals surface area contributed by atoms with Gasteiger partial charge in [0.15, 0.2) is 0 Å². The second-order valence-corrected chi connectivity index (χ2v) is 11.2. The van der Waals surface area contributed by atoms with E-state index in [1.165, 1.54) is 11.1 Å². The van der Waals surface area contributed by atoms with Crippen molar-refractivity contribution < 1.29 is 8.83 Å². The van der Waals surface area contributed by atoms with Crippen LogP contribution in [0.3, 0.4) is 0 Å². The Morgan fingerprint density at radius 3 is 1.89 bits per heavy atom. The van der Waals surface area contributed by atoms with E-state index in [1.54, 1.807) is 6.20 Å². The Morgan fingerprint density at radius 2 is 1.07 bits per heavy atom. The largest absolute Gasteiger partial charge is 0.456 e. The molecule has 4 nitrogen and oxygen atoms in total. The van der Waals surface area contributed by atoms with Crippen LogP contribution in [0.15, 0.2) is 167 Å². The second kappa shape index (κ2) is 10.2. The van der Waals surface area contributed by atoms with Crippen LogP contribution in [-0.4, -0.2) is 4.98 Å². The molecule has 6 aromatic carbocycles. The number of hydrogen-bond acceptors (Lipinski definition) is 4. The molecule has 0 aliphatic rings. The SMILES string of the molecule is c1ccc(-c2ccc(N(c3ccc(-c4cccc5c4oc4ncccc45)cc3)c3ccc4oc5ccccc5c4c3)cc2)cc1. The number of nitrogens with zero attached hydrogens (tertiary/aromatic N) is 2. The van der Waals surface area contributed by atoms with Crippen LogP contribution in [0, 0.1) is 0 Å². The fourth-order valence-corrected chi connectivity index (χ4v) is 6.38. The van der Waals surface area contributed by atoms with Crippen molar-refractivity contribution in [3.8, 4) is 22.3 Å². The van der Waals surface area contributed by atoms with E-state index in [9.17, 15) is 0 Å². The molecule has 0 amide bonds. The van der Waals surface area contributed by atoms with Crippen LogP contribution in [-0.2, 0) is 0 Å². The lowest BCUT2D eigenvalue weighted by molar-refractivity contribution is 0.655. The van der Waals surface area contributed by atoms with Crippen LogP contribution in [0.25, 0.3) is 66.3 Å². The highest BCUT2D eigenvalue weighted by Crippen LogP contribution is 2.41. The van der Waals surface area contributed by atoms with E-state index in [-0.39, 0.29) is 0 Å². The molecule has 4 heteroatoms. The summed E-state index contributed by atoms with van der Waals surface area (Å²) in [5.41, 5.74) is 11.0. The Hall–Kier alpha value is -6.13. The van der Waals surface area contributed by atoms with Gasteiger partial charge in [0.2, 0.25) is 5.71 Å². The van der Waals surface area contributed by atoms with Crippen molar-refractivity contribution in [3.63, 3.8) is 0 Å². The number of pyridine rings is 1. The van der Waals surface area contributed by atoms with E-state index in [2.05, 4.69) is 137 Å². The summed E-state index contributed by atoms with van der Waals surface area (Å²) in [5.74, 6) is 0. The topological polar surface area (TPSA) is 42.4 Å². The number of rotatable bonds is 5. The molecule has 0 bridgehead atoms. The maximum absolute atomic E-state index is 6.24. The predicted molar refractivity (Wildman–Crippen MR) is 184 cm³/mol. The molecule has 9 aromatic rings. The van der Waals surface area contributed by atoms with Gasteiger partial charge < -0.3 is 13.7 Å². The van der Waals surface area contributed by atoms with Crippen molar-refractivity contribution in [3.05, 3.63) is 158 Å². The lowest BCUT2D eigenvalue weighted by Crippen LogP contribution is -2.09. The smallest absolute Gasteiger partial charge is 0.227 e. The van der Waals surface area contributed by atoms with E-state index < -0.39 is 0 Å². The third-order valence-electron chi connectivity index (χ3n) is 8.56. The molecule has 3 aromatic heterocycles. The Morgan fingerprint density at radius 1 is 0.422 bits per heavy atom. The summed E-state index contributed by atoms with van der Waals surface area (Å²) in [7, 11) is 0. The standard InChI is InChI=1S/C41H26N2O2/c1-2-8-27(9-3-1)28-15-19-30(20-16-28)43(32-23-24-39-37(26-32)34-10-4-5-14-38(34)44-39)31-21-17-29(18-22-31)33-11-6-12-35-36-13-7-25-42-41(36)45-40(33)35/h1-26H. The number of furan rings is 2. The fraction of sp³-hybridized carbons (Fsp3) is 0. The first-order valence-electron chi connectivity index (χ1n) is 15.0. The van der Waals surface area contributed by atoms with Crippen molar-refractivity contribution in [2.45, 2.75) is 0 Å². The van der Waals surface area contributed by atoms with Crippen molar-refractivity contribution >= 4 is 61.1 Å². The molecule has 0 aliphatic carbocycles. The Kier molecular flexibility index (Phi) is 5.78. The van der Waals surface area contributed by atoms with E-state index >= 15 is 0 Å². The summed E-state index contributed by atoms with van der Waals surface area (Å²) < 4.78 is 12.4. The monoisotopic (exact) mass is 578 g/mol. The highest BCUT2D eigenvalue weighted by atomic mass is 16.3. The van der Waals surface area contributed by atoms with Crippen LogP contribution >= 0.6 is 0 Å². The van der Waals surface area contributed by atoms with Crippen LogP contribution < -0.4 is 4.90 Å². The van der Waals surface area contributed by atoms with Gasteiger partial charge >= 0.3 is 0 Å². The van der Waals surface area contributed by atoms with Gasteiger partial charge in [-0.15, -0.1) is 0 Å². The van der Waals surface area contributed by atoms with E-state index in [1.807, 2.05) is 24.3 Å². The fourth-order valence-electron chi connectivity index (χ4n) is 6.38. The molecule has 0 saturated carbocycles. The zero-order chi connectivity index (χ0) is 29.7. The Bertz CT molecular complexity index is 2470. The summed E-state index contributed by atoms with van der Waals surface area (Å²) in [4.78, 5) is 6.74. The zero-order valence-electron chi connectivity index (χ0n) is 24.2. The van der Waals surface area contributed by atoms with Gasteiger partial charge in [0.05, 0.1) is 0 Å². The summed E-state index contributed by atoms with van der Waals surface area (Å²) in [5, 5.41) is 4.30. The minimum Gasteiger partial charge on any atom is -0.456 e. The maximum atomic E-state index is 6.24. The highest BCUT2D eigenvalue weighted by molar-refractivity contribution is 6.09. The first-order chi connectivity index (χ1) is 22.3. The van der Waals surface area contributed by atoms with Crippen molar-refractivity contribution in [2.24, 2.45) is 0 Å². The van der Waals surface area contributed by atoms with Crippen LogP contribution in [0.1, 0.15) is 0 Å². The number of fused-ring (bicyclic) bond motifs is 6. The Labute approximate surface area is 259 Å². The second-order valence-electron chi connectivity index (χ2n) is 11.2. The summed E-state index contributed by atoms with van der Waals surface area (Å²) >= 11 is 0. The number of aromatic nitrogens is 1. The van der Waals surface area contributed by atoms with Crippen molar-refractivity contribution in [1.82, 2.24) is 4.98 Å². The Balaban J connectivity index is 1.17. The molecule has 212 valence electrons. The first kappa shape index (κ1) is 25.4. The summed E-state index contributed by atoms with van der Waals surface area (Å²) in [6.45, 7) is 0. The van der Waals surface area contributed by atoms with Crippen LogP contribution in [0.5, 0.6) is 0 Å². The summed E-state index contributed by atoms with van der Waals surface area (Å²) in [6, 6.07) is 52.8. The normalized spacial score (nSPS) is 11.6. The molecule has 0 fully saturated rings. The van der Waals surface area contributed by atoms with Crippen LogP contribution in [0.2, 0.25) is 0 Å². The van der Waals surface area contributed by atoms with Crippen molar-refractivity contribution in [2.75, 3.05) is 4.90 Å². The average Bonchev–Trinajstić information content (AvgIpc) is 3.68. The third kappa shape index (κ3) is 4.27. The van der Waals surface area contributed by atoms with Gasteiger partial charge in [0.25, 0.3) is 0 Å². The molecule has 3 heterocycles. The highest BCUT2D eigenvalue weighted by Gasteiger charge is 2.17. The molecule has 45 heavy (non-hydrogen) atoms. The molecule has 0 radical (unpaired) electrons. The molecular formula is C41H26N2O2. The lowest BCUT2D eigenvalue weighted by Gasteiger charge is -2.26. The molecule has 9 rings (SSSR count). The zero-order valence-corrected chi connectivity index (χ0v) is 24.2. The molecule has 0 aliphatic heterocycles. The number of hydrogen-bond donors (Lipinski definition) is 0. The molecule has 0 N–H and O–H groups in total. The minimum atomic E-state index is 0.656. The van der Waals surface area contributed by atoms with Gasteiger partial charge in [-0.2, -0.15) is 0 Å². The maximum Gasteiger partial charge on any atom is 0.227 e. The number of anilines is 3. The molecule has 0 saturated heterocycles. The quantitative estimate of drug-likeness (QED) is 0.204. The van der Waals surface area contributed by atoms with Gasteiger partial charge in [0.1, 0.15) is 16.7 Å². The van der Waals surface area contributed by atoms with Crippen molar-refractivity contribution in [1.29, 1.82) is 0 Å². The van der Waals surface area contributed by atoms with E-state index in [0.29, 0.717) is 5.71 Å². The van der Waals surface area contributed by atoms with Gasteiger partial charge in [0, 0.05) is 50.4 Å². The molecule has 0 spiro atoms. The van der Waals surface area contributed by atoms with Gasteiger partial charge in [-0.05, 0) is 77.4 Å². The lowest BCUT2D eigenvalue weighted by atomic mass is 10.0. The van der Waals surface area contributed by atoms with Gasteiger partial charge in [-0.25, -0.2) is 4.98 Å². The first-order valence-corrected chi connectivity index (χ1v) is 15.0. The summed E-state index contributed by atoms with van der Waals surface area (Å²) in [6.07, 6.45) is 1.77. The average molecular weight is 579 g/mol. The van der Waals surface area contributed by atoms with E-state index in [4.69, 9.17) is 8.83 Å². The van der Waals surface area contributed by atoms with Gasteiger partial charge in [-0.1, -0.05) is 91.0 Å². The van der Waals surface area contributed by atoms with E-state index in [0.717, 1.165) is 66.5 Å². The van der Waals surface area contributed by atoms with Crippen LogP contribution in [0.4, 0.5) is 17.1 Å². The van der Waals surface area contributed by atoms with Gasteiger partial charge in [-0.3, -0.25) is 0 Å². The predicted octanol–water partition coefficient (Wildman–Crippen LogP) is 11.7. The number of benzene rings is 6. The molecule has 0 unspecified atom stereocenters. The molecule has 0 atom stereocenters. The minimum absolute atomic E-state index is 0.656. The number of para-hydroxylation sites is 2.